The molecule has 0 N–H and O–H groups in total. The molecular weight excluding hydrogens is 474 g/mol. The molecule has 4 heteroatoms. The maximum atomic E-state index is 15.2. The lowest BCUT2D eigenvalue weighted by atomic mass is 9.84. The molecule has 0 aliphatic heterocycles. The van der Waals surface area contributed by atoms with Crippen LogP contribution >= 0.6 is 22.7 Å². The molecule has 1 unspecified atom stereocenters. The first-order valence-corrected chi connectivity index (χ1v) is 16.4. The fourth-order valence-electron chi connectivity index (χ4n) is 6.35. The monoisotopic (exact) mass is 520 g/mol. The summed E-state index contributed by atoms with van der Waals surface area (Å²) in [6.07, 6.45) is 24.6. The van der Waals surface area contributed by atoms with E-state index in [1.54, 1.807) is 12.1 Å². The maximum absolute atomic E-state index is 15.2. The van der Waals surface area contributed by atoms with E-state index in [4.69, 9.17) is 0 Å². The van der Waals surface area contributed by atoms with Crippen molar-refractivity contribution in [1.29, 1.82) is 0 Å². The van der Waals surface area contributed by atoms with Gasteiger partial charge in [0.1, 0.15) is 11.6 Å². The fraction of sp³-hybridized carbons (Fsp3) is 0.742. The molecule has 0 bridgehead atoms. The molecule has 0 amide bonds. The topological polar surface area (TPSA) is 0 Å². The minimum atomic E-state index is -0.216. The molecule has 0 nitrogen and oxygen atoms in total. The molecule has 0 radical (unpaired) electrons. The molecule has 2 aliphatic carbocycles. The van der Waals surface area contributed by atoms with Crippen molar-refractivity contribution < 1.29 is 8.78 Å². The van der Waals surface area contributed by atoms with Gasteiger partial charge in [-0.1, -0.05) is 103 Å². The molecule has 2 aliphatic rings. The molecule has 1 atom stereocenters. The van der Waals surface area contributed by atoms with E-state index in [0.29, 0.717) is 27.5 Å². The van der Waals surface area contributed by atoms with Crippen molar-refractivity contribution in [1.82, 2.24) is 0 Å². The van der Waals surface area contributed by atoms with Crippen LogP contribution < -0.4 is 0 Å². The summed E-state index contributed by atoms with van der Waals surface area (Å²) in [4.78, 5) is 3.34. The average Bonchev–Trinajstić information content (AvgIpc) is 3.41. The van der Waals surface area contributed by atoms with Gasteiger partial charge in [0.15, 0.2) is 0 Å². The van der Waals surface area contributed by atoms with Crippen LogP contribution in [0.3, 0.4) is 0 Å². The summed E-state index contributed by atoms with van der Waals surface area (Å²) < 4.78 is 30.4. The van der Waals surface area contributed by atoms with Crippen molar-refractivity contribution in [3.05, 3.63) is 33.5 Å². The second-order valence-electron chi connectivity index (χ2n) is 11.4. The first kappa shape index (κ1) is 27.3. The molecule has 2 fully saturated rings. The number of hydrogen-bond acceptors (Lipinski definition) is 2. The third kappa shape index (κ3) is 7.87. The largest absolute Gasteiger partial charge is 0.205 e. The number of rotatable bonds is 4. The van der Waals surface area contributed by atoms with Gasteiger partial charge in [-0.05, 0) is 55.6 Å². The molecule has 0 saturated heterocycles. The van der Waals surface area contributed by atoms with Crippen LogP contribution in [0.25, 0.3) is 9.75 Å². The molecule has 0 spiro atoms. The fourth-order valence-corrected chi connectivity index (χ4v) is 8.87. The standard InChI is InChI=1S/C31H46F2S2/c1-23(24-17-13-9-5-2-3-6-10-14-18-24)28-21-26(32)30(34-28)31-27(33)22-29(35-31)25-19-15-11-7-4-8-12-16-20-25/h21-25H,2-20H2,1H3. The van der Waals surface area contributed by atoms with E-state index < -0.39 is 0 Å². The zero-order chi connectivity index (χ0) is 24.5. The van der Waals surface area contributed by atoms with E-state index >= 15 is 8.78 Å². The summed E-state index contributed by atoms with van der Waals surface area (Å²) in [5.74, 6) is 0.981. The Morgan fingerprint density at radius 3 is 1.57 bits per heavy atom. The van der Waals surface area contributed by atoms with Gasteiger partial charge < -0.3 is 0 Å². The van der Waals surface area contributed by atoms with Crippen LogP contribution in [0.1, 0.15) is 151 Å². The summed E-state index contributed by atoms with van der Waals surface area (Å²) in [6.45, 7) is 2.29. The summed E-state index contributed by atoms with van der Waals surface area (Å²) in [5.41, 5.74) is 0. The molecule has 2 aromatic rings. The Morgan fingerprint density at radius 2 is 1.03 bits per heavy atom. The molecule has 2 aromatic heterocycles. The summed E-state index contributed by atoms with van der Waals surface area (Å²) in [6, 6.07) is 3.47. The van der Waals surface area contributed by atoms with Crippen molar-refractivity contribution >= 4 is 22.7 Å². The Labute approximate surface area is 220 Å². The predicted molar refractivity (Wildman–Crippen MR) is 150 cm³/mol. The maximum Gasteiger partial charge on any atom is 0.143 e. The second-order valence-corrected chi connectivity index (χ2v) is 13.5. The van der Waals surface area contributed by atoms with Crippen LogP contribution in [0.2, 0.25) is 0 Å². The highest BCUT2D eigenvalue weighted by Crippen LogP contribution is 2.45. The molecule has 0 aromatic carbocycles. The zero-order valence-electron chi connectivity index (χ0n) is 21.9. The first-order valence-electron chi connectivity index (χ1n) is 14.7. The van der Waals surface area contributed by atoms with Gasteiger partial charge in [0.2, 0.25) is 0 Å². The third-order valence-corrected chi connectivity index (χ3v) is 11.4. The molecule has 2 saturated carbocycles. The van der Waals surface area contributed by atoms with Crippen molar-refractivity contribution in [3.63, 3.8) is 0 Å². The lowest BCUT2D eigenvalue weighted by Gasteiger charge is -2.23. The Hall–Kier alpha value is -0.740. The van der Waals surface area contributed by atoms with Crippen LogP contribution in [-0.2, 0) is 0 Å². The summed E-state index contributed by atoms with van der Waals surface area (Å²) in [7, 11) is 0. The Balaban J connectivity index is 1.48. The van der Waals surface area contributed by atoms with E-state index in [1.807, 2.05) is 0 Å². The van der Waals surface area contributed by atoms with Crippen LogP contribution in [0.5, 0.6) is 0 Å². The van der Waals surface area contributed by atoms with Crippen molar-refractivity contribution in [2.24, 2.45) is 5.92 Å². The highest BCUT2D eigenvalue weighted by atomic mass is 32.1. The number of thiophene rings is 2. The molecule has 2 heterocycles. The number of halogens is 2. The average molecular weight is 521 g/mol. The second kappa shape index (κ2) is 14.3. The summed E-state index contributed by atoms with van der Waals surface area (Å²) >= 11 is 3.05. The highest BCUT2D eigenvalue weighted by molar-refractivity contribution is 7.22. The van der Waals surface area contributed by atoms with Crippen LogP contribution in [0, 0.1) is 17.6 Å². The van der Waals surface area contributed by atoms with Crippen molar-refractivity contribution in [3.8, 4) is 9.75 Å². The van der Waals surface area contributed by atoms with Gasteiger partial charge >= 0.3 is 0 Å². The van der Waals surface area contributed by atoms with Gasteiger partial charge in [-0.15, -0.1) is 22.7 Å². The van der Waals surface area contributed by atoms with Gasteiger partial charge in [-0.25, -0.2) is 8.78 Å². The molecular formula is C31H46F2S2. The normalized spacial score (nSPS) is 21.9. The van der Waals surface area contributed by atoms with Gasteiger partial charge in [0.25, 0.3) is 0 Å². The van der Waals surface area contributed by atoms with Gasteiger partial charge in [0.05, 0.1) is 9.75 Å². The van der Waals surface area contributed by atoms with E-state index in [2.05, 4.69) is 6.92 Å². The summed E-state index contributed by atoms with van der Waals surface area (Å²) in [5, 5.41) is 0. The predicted octanol–water partition coefficient (Wildman–Crippen LogP) is 12.0. The van der Waals surface area contributed by atoms with Crippen molar-refractivity contribution in [2.75, 3.05) is 0 Å². The van der Waals surface area contributed by atoms with Gasteiger partial charge in [-0.3, -0.25) is 0 Å². The third-order valence-electron chi connectivity index (χ3n) is 8.68. The van der Waals surface area contributed by atoms with Gasteiger partial charge in [0, 0.05) is 9.75 Å². The van der Waals surface area contributed by atoms with E-state index in [1.165, 1.54) is 132 Å². The Morgan fingerprint density at radius 1 is 0.600 bits per heavy atom. The van der Waals surface area contributed by atoms with E-state index in [-0.39, 0.29) is 11.6 Å². The van der Waals surface area contributed by atoms with Crippen LogP contribution in [-0.4, -0.2) is 0 Å². The molecule has 35 heavy (non-hydrogen) atoms. The lowest BCUT2D eigenvalue weighted by Crippen LogP contribution is -2.09. The smallest absolute Gasteiger partial charge is 0.143 e. The van der Waals surface area contributed by atoms with Gasteiger partial charge in [-0.2, -0.15) is 0 Å². The van der Waals surface area contributed by atoms with Crippen LogP contribution in [0.4, 0.5) is 8.78 Å². The highest BCUT2D eigenvalue weighted by Gasteiger charge is 2.26. The lowest BCUT2D eigenvalue weighted by molar-refractivity contribution is 0.364. The Kier molecular flexibility index (Phi) is 11.1. The van der Waals surface area contributed by atoms with Crippen LogP contribution in [0.15, 0.2) is 12.1 Å². The minimum absolute atomic E-state index is 0.211. The molecule has 4 rings (SSSR count). The Bertz CT molecular complexity index is 861. The van der Waals surface area contributed by atoms with E-state index in [0.717, 1.165) is 22.6 Å². The van der Waals surface area contributed by atoms with E-state index in [9.17, 15) is 0 Å². The minimum Gasteiger partial charge on any atom is -0.205 e. The molecule has 196 valence electrons. The van der Waals surface area contributed by atoms with Crippen molar-refractivity contribution in [2.45, 2.75) is 141 Å². The first-order chi connectivity index (χ1) is 17.1. The number of hydrogen-bond donors (Lipinski definition) is 0. The SMILES string of the molecule is CC(c1cc(F)c(-c2sc(C3CCCCCCCCC3)cc2F)s1)C1CCCCCCCCCC1. The zero-order valence-corrected chi connectivity index (χ0v) is 23.5. The quantitative estimate of drug-likeness (QED) is 0.376.